The Balaban J connectivity index is 1.93. The van der Waals surface area contributed by atoms with Crippen molar-refractivity contribution in [2.45, 2.75) is 6.92 Å². The smallest absolute Gasteiger partial charge is 0.318 e. The SMILES string of the molecule is Cc1ccc(NC(=O)C(=O)NN=Cc2cccc(Cl)c2Cl)cc1. The van der Waals surface area contributed by atoms with Crippen molar-refractivity contribution in [2.75, 3.05) is 5.32 Å². The molecule has 23 heavy (non-hydrogen) atoms. The summed E-state index contributed by atoms with van der Waals surface area (Å²) in [5, 5.41) is 6.85. The lowest BCUT2D eigenvalue weighted by molar-refractivity contribution is -0.136. The number of amides is 2. The molecule has 0 heterocycles. The van der Waals surface area contributed by atoms with Gasteiger partial charge in [0, 0.05) is 11.3 Å². The molecule has 0 saturated heterocycles. The minimum absolute atomic E-state index is 0.316. The van der Waals surface area contributed by atoms with Crippen LogP contribution in [0.1, 0.15) is 11.1 Å². The van der Waals surface area contributed by atoms with Gasteiger partial charge < -0.3 is 5.32 Å². The minimum atomic E-state index is -0.889. The fourth-order valence-electron chi connectivity index (χ4n) is 1.66. The highest BCUT2D eigenvalue weighted by atomic mass is 35.5. The second kappa shape index (κ2) is 7.76. The van der Waals surface area contributed by atoms with E-state index in [1.165, 1.54) is 6.21 Å². The van der Waals surface area contributed by atoms with E-state index in [-0.39, 0.29) is 0 Å². The fraction of sp³-hybridized carbons (Fsp3) is 0.0625. The van der Waals surface area contributed by atoms with Gasteiger partial charge >= 0.3 is 11.8 Å². The molecular weight excluding hydrogens is 337 g/mol. The van der Waals surface area contributed by atoms with E-state index >= 15 is 0 Å². The van der Waals surface area contributed by atoms with Crippen LogP contribution in [-0.2, 0) is 9.59 Å². The standard InChI is InChI=1S/C16H13Cl2N3O2/c1-10-5-7-12(8-6-10)20-15(22)16(23)21-19-9-11-3-2-4-13(17)14(11)18/h2-9H,1H3,(H,20,22)(H,21,23). The molecule has 5 nitrogen and oxygen atoms in total. The lowest BCUT2D eigenvalue weighted by Gasteiger charge is -2.04. The summed E-state index contributed by atoms with van der Waals surface area (Å²) in [4.78, 5) is 23.4. The first kappa shape index (κ1) is 17.0. The Morgan fingerprint density at radius 3 is 2.43 bits per heavy atom. The number of halogens is 2. The highest BCUT2D eigenvalue weighted by molar-refractivity contribution is 6.43. The number of hydrogen-bond acceptors (Lipinski definition) is 3. The van der Waals surface area contributed by atoms with Gasteiger partial charge in [-0.15, -0.1) is 0 Å². The monoisotopic (exact) mass is 349 g/mol. The Morgan fingerprint density at radius 1 is 1.04 bits per heavy atom. The molecule has 118 valence electrons. The highest BCUT2D eigenvalue weighted by Crippen LogP contribution is 2.24. The van der Waals surface area contributed by atoms with E-state index in [0.29, 0.717) is 21.3 Å². The van der Waals surface area contributed by atoms with Gasteiger partial charge in [-0.05, 0) is 25.1 Å². The summed E-state index contributed by atoms with van der Waals surface area (Å²) in [5.74, 6) is -1.71. The van der Waals surface area contributed by atoms with E-state index < -0.39 is 11.8 Å². The molecule has 2 aromatic rings. The summed E-state index contributed by atoms with van der Waals surface area (Å²) in [6.07, 6.45) is 1.31. The van der Waals surface area contributed by atoms with Crippen LogP contribution in [0.2, 0.25) is 10.0 Å². The third-order valence-corrected chi connectivity index (χ3v) is 3.70. The number of carbonyl (C=O) groups is 2. The van der Waals surface area contributed by atoms with Crippen molar-refractivity contribution in [3.05, 3.63) is 63.6 Å². The Morgan fingerprint density at radius 2 is 1.74 bits per heavy atom. The molecule has 0 aliphatic rings. The van der Waals surface area contributed by atoms with Gasteiger partial charge in [0.2, 0.25) is 0 Å². The molecule has 0 aliphatic carbocycles. The number of hydrazone groups is 1. The maximum atomic E-state index is 11.7. The summed E-state index contributed by atoms with van der Waals surface area (Å²) in [6.45, 7) is 1.92. The summed E-state index contributed by atoms with van der Waals surface area (Å²) in [7, 11) is 0. The Labute approximate surface area is 143 Å². The quantitative estimate of drug-likeness (QED) is 0.506. The summed E-state index contributed by atoms with van der Waals surface area (Å²) in [6, 6.07) is 12.1. The molecule has 0 spiro atoms. The Kier molecular flexibility index (Phi) is 5.73. The molecule has 0 fully saturated rings. The number of carbonyl (C=O) groups excluding carboxylic acids is 2. The molecule has 0 aliphatic heterocycles. The first-order chi connectivity index (χ1) is 11.0. The van der Waals surface area contributed by atoms with Gasteiger partial charge in [-0.1, -0.05) is 53.0 Å². The zero-order valence-electron chi connectivity index (χ0n) is 12.1. The summed E-state index contributed by atoms with van der Waals surface area (Å²) in [5.41, 5.74) is 4.23. The number of nitrogens with zero attached hydrogens (tertiary/aromatic N) is 1. The van der Waals surface area contributed by atoms with E-state index in [1.54, 1.807) is 30.3 Å². The van der Waals surface area contributed by atoms with Crippen LogP contribution in [0.4, 0.5) is 5.69 Å². The average molecular weight is 350 g/mol. The van der Waals surface area contributed by atoms with Crippen LogP contribution in [0.15, 0.2) is 47.6 Å². The van der Waals surface area contributed by atoms with Crippen LogP contribution in [0.5, 0.6) is 0 Å². The zero-order valence-corrected chi connectivity index (χ0v) is 13.7. The average Bonchev–Trinajstić information content (AvgIpc) is 2.53. The number of nitrogens with one attached hydrogen (secondary N) is 2. The van der Waals surface area contributed by atoms with E-state index in [1.807, 2.05) is 19.1 Å². The van der Waals surface area contributed by atoms with Crippen LogP contribution in [0, 0.1) is 6.92 Å². The van der Waals surface area contributed by atoms with Gasteiger partial charge in [-0.3, -0.25) is 9.59 Å². The van der Waals surface area contributed by atoms with Gasteiger partial charge in [-0.2, -0.15) is 5.10 Å². The maximum absolute atomic E-state index is 11.7. The van der Waals surface area contributed by atoms with E-state index in [0.717, 1.165) is 5.56 Å². The first-order valence-corrected chi connectivity index (χ1v) is 7.38. The molecule has 2 N–H and O–H groups in total. The number of benzene rings is 2. The fourth-order valence-corrected chi connectivity index (χ4v) is 2.01. The van der Waals surface area contributed by atoms with Crippen LogP contribution < -0.4 is 10.7 Å². The number of anilines is 1. The van der Waals surface area contributed by atoms with Crippen LogP contribution in [0.25, 0.3) is 0 Å². The van der Waals surface area contributed by atoms with Gasteiger partial charge in [-0.25, -0.2) is 5.43 Å². The van der Waals surface area contributed by atoms with Gasteiger partial charge in [0.1, 0.15) is 0 Å². The topological polar surface area (TPSA) is 70.6 Å². The second-order valence-corrected chi connectivity index (χ2v) is 5.45. The lowest BCUT2D eigenvalue weighted by Crippen LogP contribution is -2.32. The van der Waals surface area contributed by atoms with Gasteiger partial charge in [0.05, 0.1) is 16.3 Å². The summed E-state index contributed by atoms with van der Waals surface area (Å²) < 4.78 is 0. The first-order valence-electron chi connectivity index (χ1n) is 6.62. The predicted octanol–water partition coefficient (Wildman–Crippen LogP) is 3.39. The molecule has 0 bridgehead atoms. The van der Waals surface area contributed by atoms with Crippen molar-refractivity contribution in [3.63, 3.8) is 0 Å². The molecular formula is C16H13Cl2N3O2. The summed E-state index contributed by atoms with van der Waals surface area (Å²) >= 11 is 11.8. The lowest BCUT2D eigenvalue weighted by atomic mass is 10.2. The molecule has 0 atom stereocenters. The van der Waals surface area contributed by atoms with E-state index in [9.17, 15) is 9.59 Å². The van der Waals surface area contributed by atoms with Crippen LogP contribution in [-0.4, -0.2) is 18.0 Å². The van der Waals surface area contributed by atoms with Gasteiger partial charge in [0.25, 0.3) is 0 Å². The highest BCUT2D eigenvalue weighted by Gasteiger charge is 2.12. The molecule has 0 aromatic heterocycles. The molecule has 0 radical (unpaired) electrons. The van der Waals surface area contributed by atoms with Crippen LogP contribution >= 0.6 is 23.2 Å². The minimum Gasteiger partial charge on any atom is -0.318 e. The van der Waals surface area contributed by atoms with Crippen molar-refractivity contribution < 1.29 is 9.59 Å². The number of rotatable bonds is 3. The van der Waals surface area contributed by atoms with Gasteiger partial charge in [0.15, 0.2) is 0 Å². The van der Waals surface area contributed by atoms with Crippen molar-refractivity contribution >= 4 is 46.9 Å². The molecule has 2 aromatic carbocycles. The number of aryl methyl sites for hydroxylation is 1. The van der Waals surface area contributed by atoms with Crippen molar-refractivity contribution in [3.8, 4) is 0 Å². The molecule has 7 heteroatoms. The second-order valence-electron chi connectivity index (χ2n) is 4.66. The van der Waals surface area contributed by atoms with Crippen molar-refractivity contribution in [1.29, 1.82) is 0 Å². The number of hydrogen-bond donors (Lipinski definition) is 2. The zero-order chi connectivity index (χ0) is 16.8. The Bertz CT molecular complexity index is 758. The molecule has 2 rings (SSSR count). The molecule has 0 saturated carbocycles. The normalized spacial score (nSPS) is 10.6. The Hall–Kier alpha value is -2.37. The third-order valence-electron chi connectivity index (χ3n) is 2.87. The third kappa shape index (κ3) is 4.81. The van der Waals surface area contributed by atoms with Crippen molar-refractivity contribution in [1.82, 2.24) is 5.43 Å². The van der Waals surface area contributed by atoms with Crippen molar-refractivity contribution in [2.24, 2.45) is 5.10 Å². The van der Waals surface area contributed by atoms with E-state index in [2.05, 4.69) is 15.8 Å². The predicted molar refractivity (Wildman–Crippen MR) is 92.0 cm³/mol. The maximum Gasteiger partial charge on any atom is 0.329 e. The van der Waals surface area contributed by atoms with Crippen LogP contribution in [0.3, 0.4) is 0 Å². The van der Waals surface area contributed by atoms with E-state index in [4.69, 9.17) is 23.2 Å². The largest absolute Gasteiger partial charge is 0.329 e. The molecule has 2 amide bonds. The molecule has 0 unspecified atom stereocenters.